The van der Waals surface area contributed by atoms with Gasteiger partial charge in [-0.2, -0.15) is 0 Å². The lowest BCUT2D eigenvalue weighted by Gasteiger charge is -2.53. The maximum atomic E-state index is 12.5. The van der Waals surface area contributed by atoms with Crippen molar-refractivity contribution in [1.29, 1.82) is 0 Å². The Kier molecular flexibility index (Phi) is 4.64. The molecule has 3 saturated heterocycles. The van der Waals surface area contributed by atoms with Crippen LogP contribution in [0, 0.1) is 12.8 Å². The molecule has 0 aliphatic carbocycles. The summed E-state index contributed by atoms with van der Waals surface area (Å²) in [5, 5.41) is 1.99. The number of likely N-dealkylation sites (tertiary alicyclic amines) is 1. The molecule has 1 amide bonds. The molecule has 1 atom stereocenters. The van der Waals surface area contributed by atoms with Crippen LogP contribution in [0.5, 0.6) is 0 Å². The Morgan fingerprint density at radius 3 is 2.79 bits per heavy atom. The van der Waals surface area contributed by atoms with Crippen molar-refractivity contribution >= 4 is 17.2 Å². The van der Waals surface area contributed by atoms with E-state index in [-0.39, 0.29) is 11.5 Å². The molecule has 5 nitrogen and oxygen atoms in total. The van der Waals surface area contributed by atoms with Crippen LogP contribution in [0.4, 0.5) is 0 Å². The molecule has 24 heavy (non-hydrogen) atoms. The van der Waals surface area contributed by atoms with E-state index in [0.717, 1.165) is 69.4 Å². The van der Waals surface area contributed by atoms with Crippen molar-refractivity contribution in [1.82, 2.24) is 9.80 Å². The van der Waals surface area contributed by atoms with Crippen molar-refractivity contribution < 1.29 is 14.3 Å². The summed E-state index contributed by atoms with van der Waals surface area (Å²) in [6, 6.07) is 2.01. The van der Waals surface area contributed by atoms with Crippen LogP contribution in [0.2, 0.25) is 0 Å². The minimum absolute atomic E-state index is 0.0671. The molecule has 0 bridgehead atoms. The van der Waals surface area contributed by atoms with Crippen LogP contribution in [0.3, 0.4) is 0 Å². The third kappa shape index (κ3) is 3.25. The van der Waals surface area contributed by atoms with Gasteiger partial charge in [0.1, 0.15) is 5.60 Å². The van der Waals surface area contributed by atoms with Crippen LogP contribution >= 0.6 is 11.3 Å². The summed E-state index contributed by atoms with van der Waals surface area (Å²) in [7, 11) is 0. The Morgan fingerprint density at radius 2 is 2.17 bits per heavy atom. The molecular weight excluding hydrogens is 324 g/mol. The Labute approximate surface area is 147 Å². The van der Waals surface area contributed by atoms with Crippen molar-refractivity contribution in [3.8, 4) is 0 Å². The number of morpholine rings is 1. The highest BCUT2D eigenvalue weighted by molar-refractivity contribution is 7.12. The van der Waals surface area contributed by atoms with Gasteiger partial charge in [0.2, 0.25) is 0 Å². The van der Waals surface area contributed by atoms with Gasteiger partial charge in [0, 0.05) is 19.6 Å². The number of carbonyl (C=O) groups is 1. The second kappa shape index (κ2) is 6.75. The molecule has 6 heteroatoms. The number of hydrogen-bond donors (Lipinski definition) is 0. The second-order valence-corrected chi connectivity index (χ2v) is 8.32. The van der Waals surface area contributed by atoms with Crippen LogP contribution in [0.25, 0.3) is 0 Å². The van der Waals surface area contributed by atoms with Gasteiger partial charge < -0.3 is 14.4 Å². The van der Waals surface area contributed by atoms with Crippen LogP contribution in [0.15, 0.2) is 11.4 Å². The van der Waals surface area contributed by atoms with Gasteiger partial charge in [-0.3, -0.25) is 9.69 Å². The highest BCUT2D eigenvalue weighted by Gasteiger charge is 2.48. The van der Waals surface area contributed by atoms with E-state index in [1.165, 1.54) is 6.42 Å². The number of aryl methyl sites for hydroxylation is 1. The average Bonchev–Trinajstić information content (AvgIpc) is 3.00. The fraction of sp³-hybridized carbons (Fsp3) is 0.722. The molecule has 1 aromatic rings. The zero-order valence-electron chi connectivity index (χ0n) is 14.3. The predicted molar refractivity (Wildman–Crippen MR) is 93.6 cm³/mol. The van der Waals surface area contributed by atoms with E-state index in [1.54, 1.807) is 11.3 Å². The van der Waals surface area contributed by atoms with E-state index in [0.29, 0.717) is 5.92 Å². The second-order valence-electron chi connectivity index (χ2n) is 7.41. The quantitative estimate of drug-likeness (QED) is 0.836. The first-order chi connectivity index (χ1) is 11.7. The van der Waals surface area contributed by atoms with Crippen molar-refractivity contribution in [3.63, 3.8) is 0 Å². The number of nitrogens with zero attached hydrogens (tertiary/aromatic N) is 2. The molecule has 0 saturated carbocycles. The molecule has 4 heterocycles. The van der Waals surface area contributed by atoms with Crippen LogP contribution in [-0.2, 0) is 9.47 Å². The van der Waals surface area contributed by atoms with E-state index in [9.17, 15) is 4.79 Å². The zero-order chi connectivity index (χ0) is 16.6. The first-order valence-corrected chi connectivity index (χ1v) is 9.81. The Bertz CT molecular complexity index is 581. The number of amides is 1. The lowest BCUT2D eigenvalue weighted by molar-refractivity contribution is -0.169. The third-order valence-corrected chi connectivity index (χ3v) is 6.56. The summed E-state index contributed by atoms with van der Waals surface area (Å²) in [6.07, 6.45) is 2.28. The molecular formula is C18H26N2O3S. The Morgan fingerprint density at radius 1 is 1.38 bits per heavy atom. The van der Waals surface area contributed by atoms with E-state index in [1.807, 2.05) is 23.3 Å². The Hall–Kier alpha value is -0.950. The first-order valence-electron chi connectivity index (χ1n) is 8.93. The summed E-state index contributed by atoms with van der Waals surface area (Å²) in [5.41, 5.74) is 1.02. The summed E-state index contributed by atoms with van der Waals surface area (Å²) >= 11 is 1.54. The number of ether oxygens (including phenoxy) is 2. The number of carbonyl (C=O) groups excluding carboxylic acids is 1. The summed E-state index contributed by atoms with van der Waals surface area (Å²) in [5.74, 6) is 0.796. The molecule has 0 N–H and O–H groups in total. The van der Waals surface area contributed by atoms with E-state index in [2.05, 4.69) is 4.90 Å². The minimum Gasteiger partial charge on any atom is -0.379 e. The summed E-state index contributed by atoms with van der Waals surface area (Å²) < 4.78 is 11.6. The van der Waals surface area contributed by atoms with Crippen molar-refractivity contribution in [2.75, 3.05) is 52.5 Å². The predicted octanol–water partition coefficient (Wildman–Crippen LogP) is 2.01. The van der Waals surface area contributed by atoms with Crippen LogP contribution in [0.1, 0.15) is 28.1 Å². The summed E-state index contributed by atoms with van der Waals surface area (Å²) in [4.78, 5) is 17.8. The fourth-order valence-corrected chi connectivity index (χ4v) is 4.88. The standard InChI is InChI=1S/C18H26N2O3S/c1-14-3-9-24-16(14)17(21)20-12-18(13-20)4-2-15(11-23-18)10-19-5-7-22-8-6-19/h3,9,15H,2,4-8,10-13H2,1H3/t15-/m0/s1. The van der Waals surface area contributed by atoms with Gasteiger partial charge in [-0.15, -0.1) is 11.3 Å². The topological polar surface area (TPSA) is 42.0 Å². The molecule has 0 unspecified atom stereocenters. The lowest BCUT2D eigenvalue weighted by Crippen LogP contribution is -2.66. The maximum absolute atomic E-state index is 12.5. The highest BCUT2D eigenvalue weighted by Crippen LogP contribution is 2.37. The molecule has 0 radical (unpaired) electrons. The van der Waals surface area contributed by atoms with E-state index >= 15 is 0 Å². The highest BCUT2D eigenvalue weighted by atomic mass is 32.1. The first kappa shape index (κ1) is 16.5. The van der Waals surface area contributed by atoms with Crippen LogP contribution in [-0.4, -0.2) is 73.9 Å². The lowest BCUT2D eigenvalue weighted by atomic mass is 9.82. The molecule has 3 fully saturated rings. The zero-order valence-corrected chi connectivity index (χ0v) is 15.1. The smallest absolute Gasteiger partial charge is 0.264 e. The van der Waals surface area contributed by atoms with Gasteiger partial charge in [-0.05, 0) is 42.7 Å². The molecule has 1 spiro atoms. The number of rotatable bonds is 3. The molecule has 4 rings (SSSR count). The van der Waals surface area contributed by atoms with Gasteiger partial charge in [0.05, 0.1) is 37.8 Å². The molecule has 0 aromatic carbocycles. The normalized spacial score (nSPS) is 27.2. The van der Waals surface area contributed by atoms with Crippen molar-refractivity contribution in [2.24, 2.45) is 5.92 Å². The number of hydrogen-bond acceptors (Lipinski definition) is 5. The monoisotopic (exact) mass is 350 g/mol. The molecule has 1 aromatic heterocycles. The third-order valence-electron chi connectivity index (χ3n) is 5.56. The molecule has 3 aliphatic rings. The Balaban J connectivity index is 1.25. The number of thiophene rings is 1. The maximum Gasteiger partial charge on any atom is 0.264 e. The molecule has 132 valence electrons. The van der Waals surface area contributed by atoms with E-state index < -0.39 is 0 Å². The van der Waals surface area contributed by atoms with Crippen molar-refractivity contribution in [2.45, 2.75) is 25.4 Å². The molecule has 3 aliphatic heterocycles. The largest absolute Gasteiger partial charge is 0.379 e. The summed E-state index contributed by atoms with van der Waals surface area (Å²) in [6.45, 7) is 9.28. The van der Waals surface area contributed by atoms with Crippen molar-refractivity contribution in [3.05, 3.63) is 21.9 Å². The minimum atomic E-state index is -0.0671. The van der Waals surface area contributed by atoms with Crippen LogP contribution < -0.4 is 0 Å². The fourth-order valence-electron chi connectivity index (χ4n) is 3.99. The van der Waals surface area contributed by atoms with Gasteiger partial charge in [0.25, 0.3) is 5.91 Å². The van der Waals surface area contributed by atoms with E-state index in [4.69, 9.17) is 9.47 Å². The van der Waals surface area contributed by atoms with Gasteiger partial charge in [-0.1, -0.05) is 0 Å². The van der Waals surface area contributed by atoms with Gasteiger partial charge in [-0.25, -0.2) is 0 Å². The van der Waals surface area contributed by atoms with Gasteiger partial charge in [0.15, 0.2) is 0 Å². The average molecular weight is 350 g/mol. The SMILES string of the molecule is Cc1ccsc1C(=O)N1CC2(CC[C@@H](CN3CCOCC3)CO2)C1. The van der Waals surface area contributed by atoms with Gasteiger partial charge >= 0.3 is 0 Å².